The van der Waals surface area contributed by atoms with Crippen LogP contribution in [-0.2, 0) is 12.1 Å². The van der Waals surface area contributed by atoms with Crippen molar-refractivity contribution in [3.05, 3.63) is 51.2 Å². The second kappa shape index (κ2) is 5.17. The highest BCUT2D eigenvalue weighted by Crippen LogP contribution is 2.44. The van der Waals surface area contributed by atoms with Crippen LogP contribution >= 0.6 is 0 Å². The van der Waals surface area contributed by atoms with Gasteiger partial charge in [-0.1, -0.05) is 6.42 Å². The standard InChI is InChI=1S/C19H21N5O2/c1-11-13-9-12-10-21-8-5-14(12)22-15(13)17(25)23-16(11)18(26)24(20)19(23)6-3-2-4-7-19/h5,8,10,22H,2-4,6-7,9,20H2,1H3. The van der Waals surface area contributed by atoms with Gasteiger partial charge in [0.2, 0.25) is 0 Å². The number of aromatic nitrogens is 2. The van der Waals surface area contributed by atoms with Gasteiger partial charge in [0.05, 0.1) is 0 Å². The van der Waals surface area contributed by atoms with Crippen LogP contribution in [0.1, 0.15) is 59.3 Å². The van der Waals surface area contributed by atoms with Crippen molar-refractivity contribution in [1.29, 1.82) is 0 Å². The molecule has 1 amide bonds. The fraction of sp³-hybridized carbons (Fsp3) is 0.421. The van der Waals surface area contributed by atoms with Gasteiger partial charge in [-0.25, -0.2) is 10.9 Å². The van der Waals surface area contributed by atoms with Crippen molar-refractivity contribution < 1.29 is 4.79 Å². The topological polar surface area (TPSA) is 93.2 Å². The van der Waals surface area contributed by atoms with Crippen molar-refractivity contribution in [3.8, 4) is 0 Å². The third kappa shape index (κ3) is 1.78. The first-order chi connectivity index (χ1) is 12.5. The van der Waals surface area contributed by atoms with Crippen LogP contribution in [-0.4, -0.2) is 20.5 Å². The lowest BCUT2D eigenvalue weighted by Crippen LogP contribution is -2.54. The minimum absolute atomic E-state index is 0.147. The third-order valence-corrected chi connectivity index (χ3v) is 6.22. The first-order valence-corrected chi connectivity index (χ1v) is 9.13. The molecule has 0 radical (unpaired) electrons. The number of anilines is 2. The summed E-state index contributed by atoms with van der Waals surface area (Å²) in [6, 6.07) is 1.88. The molecule has 3 aliphatic rings. The minimum atomic E-state index is -0.720. The first-order valence-electron chi connectivity index (χ1n) is 9.13. The smallest absolute Gasteiger partial charge is 0.287 e. The van der Waals surface area contributed by atoms with E-state index >= 15 is 0 Å². The van der Waals surface area contributed by atoms with Crippen LogP contribution in [0.25, 0.3) is 0 Å². The molecule has 1 saturated carbocycles. The van der Waals surface area contributed by atoms with E-state index in [-0.39, 0.29) is 11.5 Å². The zero-order chi connectivity index (χ0) is 18.1. The lowest BCUT2D eigenvalue weighted by Gasteiger charge is -2.40. The zero-order valence-electron chi connectivity index (χ0n) is 14.7. The lowest BCUT2D eigenvalue weighted by atomic mass is 9.88. The Morgan fingerprint density at radius 1 is 1.23 bits per heavy atom. The molecular formula is C19H21N5O2. The summed E-state index contributed by atoms with van der Waals surface area (Å²) in [5.74, 6) is 6.00. The van der Waals surface area contributed by atoms with Crippen LogP contribution < -0.4 is 16.7 Å². The molecule has 1 fully saturated rings. The van der Waals surface area contributed by atoms with Crippen LogP contribution in [0.2, 0.25) is 0 Å². The van der Waals surface area contributed by atoms with Gasteiger partial charge in [-0.05, 0) is 55.4 Å². The number of hydrazine groups is 1. The van der Waals surface area contributed by atoms with Crippen molar-refractivity contribution in [2.75, 3.05) is 5.32 Å². The van der Waals surface area contributed by atoms with Crippen LogP contribution in [0.3, 0.4) is 0 Å². The molecule has 0 aromatic carbocycles. The van der Waals surface area contributed by atoms with Gasteiger partial charge in [0.25, 0.3) is 11.5 Å². The highest BCUT2D eigenvalue weighted by molar-refractivity contribution is 5.97. The molecule has 5 rings (SSSR count). The van der Waals surface area contributed by atoms with Crippen molar-refractivity contribution in [1.82, 2.24) is 14.6 Å². The maximum Gasteiger partial charge on any atom is 0.287 e. The molecule has 1 spiro atoms. The van der Waals surface area contributed by atoms with Crippen LogP contribution in [0.5, 0.6) is 0 Å². The van der Waals surface area contributed by atoms with E-state index in [1.54, 1.807) is 17.0 Å². The summed E-state index contributed by atoms with van der Waals surface area (Å²) in [6.07, 6.45) is 8.58. The predicted molar refractivity (Wildman–Crippen MR) is 97.2 cm³/mol. The van der Waals surface area contributed by atoms with Gasteiger partial charge in [-0.3, -0.25) is 19.1 Å². The Morgan fingerprint density at radius 2 is 2.00 bits per heavy atom. The second-order valence-electron chi connectivity index (χ2n) is 7.52. The Hall–Kier alpha value is -2.67. The van der Waals surface area contributed by atoms with Crippen LogP contribution in [0, 0.1) is 6.92 Å². The minimum Gasteiger partial charge on any atom is -0.350 e. The van der Waals surface area contributed by atoms with Crippen LogP contribution in [0.15, 0.2) is 23.3 Å². The van der Waals surface area contributed by atoms with Crippen molar-refractivity contribution in [2.45, 2.75) is 51.1 Å². The molecule has 0 saturated heterocycles. The molecule has 4 heterocycles. The number of amides is 1. The monoisotopic (exact) mass is 351 g/mol. The first kappa shape index (κ1) is 15.6. The van der Waals surface area contributed by atoms with Gasteiger partial charge < -0.3 is 5.32 Å². The Balaban J connectivity index is 1.79. The van der Waals surface area contributed by atoms with Gasteiger partial charge in [0.1, 0.15) is 17.0 Å². The third-order valence-electron chi connectivity index (χ3n) is 6.22. The Labute approximate surface area is 150 Å². The van der Waals surface area contributed by atoms with E-state index in [0.717, 1.165) is 54.5 Å². The van der Waals surface area contributed by atoms with Crippen LogP contribution in [0.4, 0.5) is 11.4 Å². The number of hydrogen-bond acceptors (Lipinski definition) is 5. The average Bonchev–Trinajstić information content (AvgIpc) is 2.88. The highest BCUT2D eigenvalue weighted by atomic mass is 16.2. The number of fused-ring (bicyclic) bond motifs is 4. The molecule has 1 aliphatic carbocycles. The van der Waals surface area contributed by atoms with Gasteiger partial charge in [-0.2, -0.15) is 0 Å². The average molecular weight is 351 g/mol. The molecule has 2 aliphatic heterocycles. The van der Waals surface area contributed by atoms with E-state index in [1.165, 1.54) is 5.01 Å². The SMILES string of the molecule is Cc1c2c(c(=O)n3c1C(=O)N(N)C31CCCCC1)Nc1ccncc1C2. The number of carbonyl (C=O) groups excluding carboxylic acids is 1. The maximum absolute atomic E-state index is 13.5. The van der Waals surface area contributed by atoms with Crippen molar-refractivity contribution in [2.24, 2.45) is 5.84 Å². The molecule has 0 unspecified atom stereocenters. The van der Waals surface area contributed by atoms with E-state index in [1.807, 2.05) is 13.0 Å². The highest BCUT2D eigenvalue weighted by Gasteiger charge is 2.51. The molecule has 3 N–H and O–H groups in total. The molecule has 0 atom stereocenters. The number of hydrogen-bond donors (Lipinski definition) is 2. The summed E-state index contributed by atoms with van der Waals surface area (Å²) in [5, 5.41) is 4.60. The largest absolute Gasteiger partial charge is 0.350 e. The van der Waals surface area contributed by atoms with E-state index in [4.69, 9.17) is 5.84 Å². The number of nitrogens with one attached hydrogen (secondary N) is 1. The fourth-order valence-electron chi connectivity index (χ4n) is 4.85. The number of rotatable bonds is 0. The number of carbonyl (C=O) groups is 1. The molecule has 2 aromatic rings. The van der Waals surface area contributed by atoms with Crippen molar-refractivity contribution >= 4 is 17.3 Å². The fourth-order valence-corrected chi connectivity index (χ4v) is 4.85. The van der Waals surface area contributed by atoms with Gasteiger partial charge in [-0.15, -0.1) is 0 Å². The predicted octanol–water partition coefficient (Wildman–Crippen LogP) is 2.15. The second-order valence-corrected chi connectivity index (χ2v) is 7.52. The van der Waals surface area contributed by atoms with E-state index < -0.39 is 5.66 Å². The molecule has 0 bridgehead atoms. The molecular weight excluding hydrogens is 330 g/mol. The lowest BCUT2D eigenvalue weighted by molar-refractivity contribution is 0.0125. The van der Waals surface area contributed by atoms with Crippen molar-refractivity contribution in [3.63, 3.8) is 0 Å². The molecule has 2 aromatic heterocycles. The molecule has 7 heteroatoms. The summed E-state index contributed by atoms with van der Waals surface area (Å²) >= 11 is 0. The Bertz CT molecular complexity index is 1000. The van der Waals surface area contributed by atoms with Gasteiger partial charge in [0, 0.05) is 24.5 Å². The van der Waals surface area contributed by atoms with E-state index in [9.17, 15) is 9.59 Å². The summed E-state index contributed by atoms with van der Waals surface area (Å²) in [5.41, 5.74) is 3.78. The Kier molecular flexibility index (Phi) is 3.10. The number of nitrogens with two attached hydrogens (primary N) is 1. The quantitative estimate of drug-likeness (QED) is 0.478. The summed E-state index contributed by atoms with van der Waals surface area (Å²) < 4.78 is 1.68. The molecule has 26 heavy (non-hydrogen) atoms. The van der Waals surface area contributed by atoms with E-state index in [2.05, 4.69) is 10.3 Å². The van der Waals surface area contributed by atoms with Gasteiger partial charge in [0.15, 0.2) is 0 Å². The number of nitrogens with zero attached hydrogens (tertiary/aromatic N) is 3. The summed E-state index contributed by atoms with van der Waals surface area (Å²) in [7, 11) is 0. The maximum atomic E-state index is 13.5. The van der Waals surface area contributed by atoms with E-state index in [0.29, 0.717) is 17.8 Å². The number of pyridine rings is 2. The molecule has 7 nitrogen and oxygen atoms in total. The summed E-state index contributed by atoms with van der Waals surface area (Å²) in [6.45, 7) is 1.92. The Morgan fingerprint density at radius 3 is 2.77 bits per heavy atom. The normalized spacial score (nSPS) is 19.8. The summed E-state index contributed by atoms with van der Waals surface area (Å²) in [4.78, 5) is 30.6. The zero-order valence-corrected chi connectivity index (χ0v) is 14.7. The molecule has 134 valence electrons. The van der Waals surface area contributed by atoms with Gasteiger partial charge >= 0.3 is 0 Å².